The van der Waals surface area contributed by atoms with Crippen LogP contribution in [-0.4, -0.2) is 0 Å². The number of para-hydroxylation sites is 1. The Hall–Kier alpha value is -5.92. The van der Waals surface area contributed by atoms with Crippen LogP contribution in [-0.2, 0) is 5.41 Å². The molecular formula is C45H29N. The molecule has 2 aliphatic carbocycles. The van der Waals surface area contributed by atoms with Crippen molar-refractivity contribution in [1.29, 1.82) is 0 Å². The van der Waals surface area contributed by atoms with E-state index >= 15 is 0 Å². The third-order valence-electron chi connectivity index (χ3n) is 10.2. The highest BCUT2D eigenvalue weighted by atomic mass is 15.1. The summed E-state index contributed by atoms with van der Waals surface area (Å²) in [6, 6.07) is 65.0. The zero-order valence-electron chi connectivity index (χ0n) is 25.2. The predicted molar refractivity (Wildman–Crippen MR) is 192 cm³/mol. The first-order valence-corrected chi connectivity index (χ1v) is 16.0. The minimum atomic E-state index is -0.418. The summed E-state index contributed by atoms with van der Waals surface area (Å²) in [5, 5.41) is 5.06. The smallest absolute Gasteiger partial charge is 0.0726 e. The summed E-state index contributed by atoms with van der Waals surface area (Å²) in [5.41, 5.74) is 13.8. The van der Waals surface area contributed by atoms with E-state index in [1.165, 1.54) is 71.7 Å². The molecule has 1 nitrogen and oxygen atoms in total. The van der Waals surface area contributed by atoms with Crippen LogP contribution in [0.2, 0.25) is 0 Å². The van der Waals surface area contributed by atoms with E-state index in [0.717, 1.165) is 11.4 Å². The lowest BCUT2D eigenvalue weighted by Gasteiger charge is -2.32. The molecule has 0 aliphatic heterocycles. The van der Waals surface area contributed by atoms with Crippen molar-refractivity contribution in [2.45, 2.75) is 5.41 Å². The molecule has 214 valence electrons. The van der Waals surface area contributed by atoms with E-state index in [2.05, 4.69) is 181 Å². The number of anilines is 3. The molecule has 0 radical (unpaired) electrons. The molecule has 10 rings (SSSR count). The van der Waals surface area contributed by atoms with Crippen molar-refractivity contribution in [3.8, 4) is 22.3 Å². The van der Waals surface area contributed by atoms with Gasteiger partial charge in [0.1, 0.15) is 0 Å². The number of hydrogen-bond donors (Lipinski definition) is 0. The molecule has 8 aromatic carbocycles. The minimum absolute atomic E-state index is 0.418. The van der Waals surface area contributed by atoms with E-state index in [4.69, 9.17) is 0 Å². The number of fused-ring (bicyclic) bond motifs is 13. The van der Waals surface area contributed by atoms with E-state index in [-0.39, 0.29) is 0 Å². The van der Waals surface area contributed by atoms with Crippen LogP contribution >= 0.6 is 0 Å². The molecule has 2 aliphatic rings. The van der Waals surface area contributed by atoms with Crippen molar-refractivity contribution >= 4 is 38.6 Å². The zero-order valence-corrected chi connectivity index (χ0v) is 25.2. The third-order valence-corrected chi connectivity index (χ3v) is 10.2. The van der Waals surface area contributed by atoms with Gasteiger partial charge in [-0.2, -0.15) is 0 Å². The molecule has 0 bridgehead atoms. The molecule has 46 heavy (non-hydrogen) atoms. The molecule has 0 heterocycles. The molecule has 0 saturated carbocycles. The third kappa shape index (κ3) is 3.29. The summed E-state index contributed by atoms with van der Waals surface area (Å²) in [6.07, 6.45) is 0. The highest BCUT2D eigenvalue weighted by Crippen LogP contribution is 2.64. The quantitative estimate of drug-likeness (QED) is 0.200. The van der Waals surface area contributed by atoms with E-state index < -0.39 is 5.41 Å². The van der Waals surface area contributed by atoms with E-state index in [9.17, 15) is 0 Å². The molecule has 0 saturated heterocycles. The van der Waals surface area contributed by atoms with Crippen molar-refractivity contribution in [3.05, 3.63) is 198 Å². The Balaban J connectivity index is 1.31. The average Bonchev–Trinajstić information content (AvgIpc) is 3.60. The lowest BCUT2D eigenvalue weighted by Crippen LogP contribution is -2.26. The summed E-state index contributed by atoms with van der Waals surface area (Å²) in [4.78, 5) is 2.43. The lowest BCUT2D eigenvalue weighted by molar-refractivity contribution is 0.794. The van der Waals surface area contributed by atoms with Crippen molar-refractivity contribution in [3.63, 3.8) is 0 Å². The van der Waals surface area contributed by atoms with E-state index in [1.54, 1.807) is 0 Å². The predicted octanol–water partition coefficient (Wildman–Crippen LogP) is 11.8. The highest BCUT2D eigenvalue weighted by Gasteiger charge is 2.52. The Bertz CT molecular complexity index is 2490. The van der Waals surface area contributed by atoms with Gasteiger partial charge in [0.2, 0.25) is 0 Å². The van der Waals surface area contributed by atoms with Crippen molar-refractivity contribution in [1.82, 2.24) is 0 Å². The Labute approximate surface area is 268 Å². The molecule has 1 atom stereocenters. The fourth-order valence-electron chi connectivity index (χ4n) is 8.44. The molecule has 1 heteroatoms. The summed E-state index contributed by atoms with van der Waals surface area (Å²) in [7, 11) is 0. The van der Waals surface area contributed by atoms with Crippen molar-refractivity contribution in [2.75, 3.05) is 4.90 Å². The van der Waals surface area contributed by atoms with Gasteiger partial charge in [-0.25, -0.2) is 0 Å². The van der Waals surface area contributed by atoms with Crippen LogP contribution in [0.15, 0.2) is 176 Å². The Morgan fingerprint density at radius 3 is 1.78 bits per heavy atom. The molecule has 8 aromatic rings. The van der Waals surface area contributed by atoms with Crippen LogP contribution in [0.4, 0.5) is 17.1 Å². The standard InChI is InChI=1S/C45H29N/c1-2-16-32(17-3-1)46(43-24-12-15-30-13-4-6-18-34(30)43)33-26-27-37-36-20-8-10-22-39(36)45(42(37)29-33)40-23-11-9-21-38(40)44-35-19-7-5-14-31(35)25-28-41(44)45/h1-29H. The fourth-order valence-corrected chi connectivity index (χ4v) is 8.44. The summed E-state index contributed by atoms with van der Waals surface area (Å²) in [6.45, 7) is 0. The second-order valence-corrected chi connectivity index (χ2v) is 12.4. The van der Waals surface area contributed by atoms with Crippen LogP contribution in [0.25, 0.3) is 43.8 Å². The van der Waals surface area contributed by atoms with Gasteiger partial charge in [-0.3, -0.25) is 0 Å². The zero-order chi connectivity index (χ0) is 30.2. The van der Waals surface area contributed by atoms with Crippen LogP contribution in [0.1, 0.15) is 22.3 Å². The summed E-state index contributed by atoms with van der Waals surface area (Å²) < 4.78 is 0. The van der Waals surface area contributed by atoms with Crippen LogP contribution in [0, 0.1) is 0 Å². The molecular weight excluding hydrogens is 555 g/mol. The first-order chi connectivity index (χ1) is 22.8. The average molecular weight is 584 g/mol. The maximum atomic E-state index is 2.48. The van der Waals surface area contributed by atoms with Gasteiger partial charge in [0.25, 0.3) is 0 Å². The van der Waals surface area contributed by atoms with Gasteiger partial charge >= 0.3 is 0 Å². The molecule has 1 spiro atoms. The van der Waals surface area contributed by atoms with E-state index in [1.807, 2.05) is 0 Å². The van der Waals surface area contributed by atoms with Gasteiger partial charge < -0.3 is 4.90 Å². The Morgan fingerprint density at radius 2 is 0.957 bits per heavy atom. The lowest BCUT2D eigenvalue weighted by atomic mass is 9.70. The van der Waals surface area contributed by atoms with Crippen LogP contribution in [0.3, 0.4) is 0 Å². The second-order valence-electron chi connectivity index (χ2n) is 12.4. The van der Waals surface area contributed by atoms with Crippen LogP contribution < -0.4 is 4.90 Å². The van der Waals surface area contributed by atoms with Gasteiger partial charge in [-0.05, 0) is 91.0 Å². The number of hydrogen-bond acceptors (Lipinski definition) is 1. The largest absolute Gasteiger partial charge is 0.310 e. The van der Waals surface area contributed by atoms with E-state index in [0.29, 0.717) is 0 Å². The minimum Gasteiger partial charge on any atom is -0.310 e. The van der Waals surface area contributed by atoms with Gasteiger partial charge in [-0.1, -0.05) is 146 Å². The second kappa shape index (κ2) is 9.54. The maximum Gasteiger partial charge on any atom is 0.0726 e. The number of nitrogens with zero attached hydrogens (tertiary/aromatic N) is 1. The van der Waals surface area contributed by atoms with Gasteiger partial charge in [0, 0.05) is 16.8 Å². The molecule has 0 amide bonds. The Morgan fingerprint density at radius 1 is 0.348 bits per heavy atom. The normalized spacial score (nSPS) is 15.5. The SMILES string of the molecule is c1ccc(N(c2ccc3c(c2)C2(c4ccccc4-3)c3ccccc3-c3c2ccc2ccccc32)c2cccc3ccccc23)cc1. The highest BCUT2D eigenvalue weighted by molar-refractivity contribution is 6.06. The molecule has 0 fully saturated rings. The van der Waals surface area contributed by atoms with Crippen molar-refractivity contribution < 1.29 is 0 Å². The molecule has 0 aromatic heterocycles. The first kappa shape index (κ1) is 25.4. The topological polar surface area (TPSA) is 3.24 Å². The molecule has 1 unspecified atom stereocenters. The summed E-state index contributed by atoms with van der Waals surface area (Å²) in [5.74, 6) is 0. The van der Waals surface area contributed by atoms with Gasteiger partial charge in [-0.15, -0.1) is 0 Å². The monoisotopic (exact) mass is 583 g/mol. The summed E-state index contributed by atoms with van der Waals surface area (Å²) >= 11 is 0. The number of benzene rings is 8. The maximum absolute atomic E-state index is 2.48. The molecule has 0 N–H and O–H groups in total. The first-order valence-electron chi connectivity index (χ1n) is 16.0. The Kier molecular flexibility index (Phi) is 5.27. The van der Waals surface area contributed by atoms with Crippen LogP contribution in [0.5, 0.6) is 0 Å². The fraction of sp³-hybridized carbons (Fsp3) is 0.0222. The van der Waals surface area contributed by atoms with Crippen molar-refractivity contribution in [2.24, 2.45) is 0 Å². The van der Waals surface area contributed by atoms with Gasteiger partial charge in [0.15, 0.2) is 0 Å². The number of rotatable bonds is 3. The van der Waals surface area contributed by atoms with Gasteiger partial charge in [0.05, 0.1) is 11.1 Å².